The van der Waals surface area contributed by atoms with Gasteiger partial charge in [-0.05, 0) is 83.4 Å². The second-order valence-electron chi connectivity index (χ2n) is 12.3. The van der Waals surface area contributed by atoms with Crippen LogP contribution in [-0.4, -0.2) is 9.13 Å². The lowest BCUT2D eigenvalue weighted by Gasteiger charge is -2.16. The van der Waals surface area contributed by atoms with Crippen LogP contribution in [0.25, 0.3) is 77.2 Å². The van der Waals surface area contributed by atoms with Gasteiger partial charge in [-0.3, -0.25) is 0 Å². The molecule has 2 aromatic heterocycles. The first-order chi connectivity index (χ1) is 24.7. The fourth-order valence-electron chi connectivity index (χ4n) is 7.38. The summed E-state index contributed by atoms with van der Waals surface area (Å²) in [5.74, 6) is 0. The van der Waals surface area contributed by atoms with Crippen molar-refractivity contribution < 1.29 is 0 Å². The molecule has 0 N–H and O–H groups in total. The highest BCUT2D eigenvalue weighted by Crippen LogP contribution is 2.39. The first kappa shape index (κ1) is 28.8. The molecule has 0 bridgehead atoms. The molecule has 5 heteroatoms. The molecule has 9 aromatic rings. The van der Waals surface area contributed by atoms with Gasteiger partial charge < -0.3 is 9.13 Å². The number of benzene rings is 7. The summed E-state index contributed by atoms with van der Waals surface area (Å²) in [6.45, 7) is 0. The van der Waals surface area contributed by atoms with Crippen LogP contribution in [0.4, 0.5) is 0 Å². The van der Waals surface area contributed by atoms with Crippen molar-refractivity contribution in [2.75, 3.05) is 0 Å². The Morgan fingerprint density at radius 1 is 0.400 bits per heavy atom. The van der Waals surface area contributed by atoms with E-state index < -0.39 is 0 Å². The second-order valence-corrected chi connectivity index (χ2v) is 12.3. The first-order valence-corrected chi connectivity index (χ1v) is 16.3. The minimum absolute atomic E-state index is 0.513. The molecule has 0 fully saturated rings. The lowest BCUT2D eigenvalue weighted by molar-refractivity contribution is 1.17. The van der Waals surface area contributed by atoms with Crippen LogP contribution in [-0.2, 0) is 0 Å². The zero-order valence-electron chi connectivity index (χ0n) is 26.7. The van der Waals surface area contributed by atoms with Gasteiger partial charge in [0.25, 0.3) is 0 Å². The molecule has 0 saturated heterocycles. The SMILES string of the molecule is N#Cc1ccc(-c2cccc(-c3ccc(-n4c5ccccc5c5ccccc54)cc3)c2)c(-n2c3ccc(C#N)cc3c3cccc(C#N)c32)c1. The molecule has 0 aliphatic carbocycles. The predicted molar refractivity (Wildman–Crippen MR) is 200 cm³/mol. The van der Waals surface area contributed by atoms with Gasteiger partial charge in [0.05, 0.1) is 56.6 Å². The molecule has 0 saturated carbocycles. The van der Waals surface area contributed by atoms with Crippen molar-refractivity contribution >= 4 is 43.6 Å². The molecular formula is C45H25N5. The van der Waals surface area contributed by atoms with E-state index in [1.807, 2.05) is 42.5 Å². The summed E-state index contributed by atoms with van der Waals surface area (Å²) < 4.78 is 4.38. The molecule has 0 aliphatic rings. The van der Waals surface area contributed by atoms with Crippen LogP contribution in [0.1, 0.15) is 16.7 Å². The molecule has 230 valence electrons. The van der Waals surface area contributed by atoms with E-state index in [0.29, 0.717) is 16.7 Å². The number of nitriles is 3. The average Bonchev–Trinajstić information content (AvgIpc) is 3.70. The Kier molecular flexibility index (Phi) is 6.56. The summed E-state index contributed by atoms with van der Waals surface area (Å²) in [6.07, 6.45) is 0. The molecule has 0 radical (unpaired) electrons. The highest BCUT2D eigenvalue weighted by Gasteiger charge is 2.20. The fraction of sp³-hybridized carbons (Fsp3) is 0. The van der Waals surface area contributed by atoms with E-state index in [9.17, 15) is 15.8 Å². The summed E-state index contributed by atoms with van der Waals surface area (Å²) in [5, 5.41) is 34.1. The van der Waals surface area contributed by atoms with Gasteiger partial charge in [-0.1, -0.05) is 84.9 Å². The molecule has 0 amide bonds. The maximum atomic E-state index is 10.2. The van der Waals surface area contributed by atoms with Gasteiger partial charge in [0.2, 0.25) is 0 Å². The van der Waals surface area contributed by atoms with Crippen LogP contribution >= 0.6 is 0 Å². The topological polar surface area (TPSA) is 81.2 Å². The van der Waals surface area contributed by atoms with Crippen molar-refractivity contribution in [3.63, 3.8) is 0 Å². The number of aromatic nitrogens is 2. The zero-order chi connectivity index (χ0) is 33.8. The number of nitrogens with zero attached hydrogens (tertiary/aromatic N) is 5. The van der Waals surface area contributed by atoms with Crippen molar-refractivity contribution in [1.29, 1.82) is 15.8 Å². The van der Waals surface area contributed by atoms with E-state index in [1.165, 1.54) is 21.8 Å². The standard InChI is InChI=1S/C45H25N5/c46-26-29-16-22-43-40(23-29)39-12-6-9-34(28-48)45(39)50(43)44-24-30(27-47)15-21-36(44)33-8-5-7-32(25-33)31-17-19-35(20-18-31)49-41-13-3-1-10-37(41)38-11-2-4-14-42(38)49/h1-25H. The number of fused-ring (bicyclic) bond motifs is 6. The third kappa shape index (κ3) is 4.38. The third-order valence-electron chi connectivity index (χ3n) is 9.62. The van der Waals surface area contributed by atoms with Gasteiger partial charge in [0, 0.05) is 32.8 Å². The van der Waals surface area contributed by atoms with Crippen molar-refractivity contribution in [2.24, 2.45) is 0 Å². The van der Waals surface area contributed by atoms with Crippen molar-refractivity contribution in [3.8, 4) is 51.8 Å². The van der Waals surface area contributed by atoms with Crippen LogP contribution < -0.4 is 0 Å². The summed E-state index contributed by atoms with van der Waals surface area (Å²) in [7, 11) is 0. The lowest BCUT2D eigenvalue weighted by atomic mass is 9.96. The largest absolute Gasteiger partial charge is 0.309 e. The minimum atomic E-state index is 0.513. The highest BCUT2D eigenvalue weighted by atomic mass is 15.0. The summed E-state index contributed by atoms with van der Waals surface area (Å²) in [6, 6.07) is 58.0. The molecular weight excluding hydrogens is 611 g/mol. The van der Waals surface area contributed by atoms with Gasteiger partial charge in [-0.25, -0.2) is 0 Å². The first-order valence-electron chi connectivity index (χ1n) is 16.3. The Balaban J connectivity index is 1.20. The van der Waals surface area contributed by atoms with Crippen LogP contribution in [0.2, 0.25) is 0 Å². The third-order valence-corrected chi connectivity index (χ3v) is 9.62. The van der Waals surface area contributed by atoms with E-state index in [0.717, 1.165) is 55.4 Å². The maximum Gasteiger partial charge on any atom is 0.101 e. The molecule has 5 nitrogen and oxygen atoms in total. The van der Waals surface area contributed by atoms with Crippen LogP contribution in [0.3, 0.4) is 0 Å². The number of para-hydroxylation sites is 3. The Hall–Kier alpha value is -7.39. The maximum absolute atomic E-state index is 10.2. The fourth-order valence-corrected chi connectivity index (χ4v) is 7.38. The molecule has 0 atom stereocenters. The van der Waals surface area contributed by atoms with Crippen LogP contribution in [0, 0.1) is 34.0 Å². The number of rotatable bonds is 4. The summed E-state index contributed by atoms with van der Waals surface area (Å²) in [5.41, 5.74) is 11.4. The lowest BCUT2D eigenvalue weighted by Crippen LogP contribution is -2.00. The number of hydrogen-bond acceptors (Lipinski definition) is 3. The number of hydrogen-bond donors (Lipinski definition) is 0. The Bertz CT molecular complexity index is 2900. The van der Waals surface area contributed by atoms with Crippen LogP contribution in [0.15, 0.2) is 152 Å². The van der Waals surface area contributed by atoms with E-state index in [2.05, 4.69) is 124 Å². The Morgan fingerprint density at radius 2 is 1.02 bits per heavy atom. The summed E-state index contributed by atoms with van der Waals surface area (Å²) >= 11 is 0. The van der Waals surface area contributed by atoms with Gasteiger partial charge in [-0.2, -0.15) is 15.8 Å². The van der Waals surface area contributed by atoms with E-state index in [-0.39, 0.29) is 0 Å². The average molecular weight is 636 g/mol. The van der Waals surface area contributed by atoms with Crippen molar-refractivity contribution in [1.82, 2.24) is 9.13 Å². The molecule has 9 rings (SSSR count). The van der Waals surface area contributed by atoms with Crippen molar-refractivity contribution in [3.05, 3.63) is 168 Å². The highest BCUT2D eigenvalue weighted by molar-refractivity contribution is 6.12. The van der Waals surface area contributed by atoms with E-state index in [4.69, 9.17) is 0 Å². The summed E-state index contributed by atoms with van der Waals surface area (Å²) in [4.78, 5) is 0. The quantitative estimate of drug-likeness (QED) is 0.193. The van der Waals surface area contributed by atoms with Gasteiger partial charge >= 0.3 is 0 Å². The monoisotopic (exact) mass is 635 g/mol. The van der Waals surface area contributed by atoms with Gasteiger partial charge in [0.15, 0.2) is 0 Å². The Labute approximate surface area is 287 Å². The molecule has 50 heavy (non-hydrogen) atoms. The van der Waals surface area contributed by atoms with Gasteiger partial charge in [-0.15, -0.1) is 0 Å². The molecule has 7 aromatic carbocycles. The Morgan fingerprint density at radius 3 is 1.74 bits per heavy atom. The second kappa shape index (κ2) is 11.4. The molecule has 2 heterocycles. The van der Waals surface area contributed by atoms with Crippen LogP contribution in [0.5, 0.6) is 0 Å². The van der Waals surface area contributed by atoms with Gasteiger partial charge in [0.1, 0.15) is 6.07 Å². The van der Waals surface area contributed by atoms with E-state index in [1.54, 1.807) is 12.1 Å². The minimum Gasteiger partial charge on any atom is -0.309 e. The molecule has 0 spiro atoms. The molecule has 0 aliphatic heterocycles. The predicted octanol–water partition coefficient (Wildman–Crippen LogP) is 10.8. The van der Waals surface area contributed by atoms with E-state index >= 15 is 0 Å². The van der Waals surface area contributed by atoms with Crippen molar-refractivity contribution in [2.45, 2.75) is 0 Å². The zero-order valence-corrected chi connectivity index (χ0v) is 26.7. The molecule has 0 unspecified atom stereocenters. The smallest absolute Gasteiger partial charge is 0.101 e. The normalized spacial score (nSPS) is 11.1.